The maximum absolute atomic E-state index is 2.50. The average molecular weight is 240 g/mol. The SMILES string of the molecule is CC(C)(CC[N+]1(C)CCCC1)[N+]1(C)CCCC1. The van der Waals surface area contributed by atoms with Gasteiger partial charge in [-0.05, 0) is 13.8 Å². The summed E-state index contributed by atoms with van der Waals surface area (Å²) in [5.41, 5.74) is 0.473. The first kappa shape index (κ1) is 13.4. The standard InChI is InChI=1S/C15H32N2/c1-15(2,17(4)12-7-8-13-17)9-14-16(3)10-5-6-11-16/h5-14H2,1-4H3/q+2. The largest absolute Gasteiger partial charge is 0.326 e. The summed E-state index contributed by atoms with van der Waals surface area (Å²) < 4.78 is 2.65. The molecule has 2 nitrogen and oxygen atoms in total. The van der Waals surface area contributed by atoms with E-state index in [0.717, 1.165) is 0 Å². The molecule has 0 N–H and O–H groups in total. The maximum atomic E-state index is 2.50. The molecule has 17 heavy (non-hydrogen) atoms. The lowest BCUT2D eigenvalue weighted by molar-refractivity contribution is -0.953. The van der Waals surface area contributed by atoms with Gasteiger partial charge in [0.25, 0.3) is 0 Å². The Hall–Kier alpha value is -0.0800. The third-order valence-electron chi connectivity index (χ3n) is 5.92. The van der Waals surface area contributed by atoms with E-state index >= 15 is 0 Å². The molecule has 0 amide bonds. The van der Waals surface area contributed by atoms with Crippen molar-refractivity contribution in [1.82, 2.24) is 0 Å². The van der Waals surface area contributed by atoms with Gasteiger partial charge in [-0.1, -0.05) is 0 Å². The van der Waals surface area contributed by atoms with Crippen LogP contribution in [-0.4, -0.2) is 61.3 Å². The molecule has 0 spiro atoms. The lowest BCUT2D eigenvalue weighted by atomic mass is 9.95. The fourth-order valence-corrected chi connectivity index (χ4v) is 3.77. The van der Waals surface area contributed by atoms with Crippen molar-refractivity contribution < 1.29 is 8.97 Å². The number of rotatable bonds is 4. The molecule has 0 unspecified atom stereocenters. The summed E-state index contributed by atoms with van der Waals surface area (Å²) >= 11 is 0. The molecule has 0 aromatic heterocycles. The summed E-state index contributed by atoms with van der Waals surface area (Å²) in [6.07, 6.45) is 7.16. The monoisotopic (exact) mass is 240 g/mol. The van der Waals surface area contributed by atoms with Gasteiger partial charge in [0.1, 0.15) is 0 Å². The highest BCUT2D eigenvalue weighted by Crippen LogP contribution is 2.33. The second-order valence-corrected chi connectivity index (χ2v) is 7.61. The first-order chi connectivity index (χ1) is 7.87. The Morgan fingerprint density at radius 1 is 0.824 bits per heavy atom. The van der Waals surface area contributed by atoms with Crippen LogP contribution < -0.4 is 0 Å². The molecule has 100 valence electrons. The van der Waals surface area contributed by atoms with E-state index in [1.807, 2.05) is 0 Å². The van der Waals surface area contributed by atoms with Gasteiger partial charge >= 0.3 is 0 Å². The van der Waals surface area contributed by atoms with Crippen LogP contribution >= 0.6 is 0 Å². The van der Waals surface area contributed by atoms with Gasteiger partial charge in [0, 0.05) is 25.7 Å². The predicted octanol–water partition coefficient (Wildman–Crippen LogP) is 2.64. The summed E-state index contributed by atoms with van der Waals surface area (Å²) in [5, 5.41) is 0. The van der Waals surface area contributed by atoms with Gasteiger partial charge in [0.2, 0.25) is 0 Å². The Kier molecular flexibility index (Phi) is 3.57. The minimum absolute atomic E-state index is 0.473. The number of hydrogen-bond acceptors (Lipinski definition) is 0. The topological polar surface area (TPSA) is 0 Å². The highest BCUT2D eigenvalue weighted by atomic mass is 15.4. The molecule has 0 bridgehead atoms. The molecule has 2 rings (SSSR count). The van der Waals surface area contributed by atoms with Crippen LogP contribution in [0.4, 0.5) is 0 Å². The lowest BCUT2D eigenvalue weighted by Gasteiger charge is -2.46. The van der Waals surface area contributed by atoms with E-state index in [9.17, 15) is 0 Å². The Bertz CT molecular complexity index is 258. The molecule has 2 fully saturated rings. The van der Waals surface area contributed by atoms with Crippen molar-refractivity contribution in [2.75, 3.05) is 46.8 Å². The van der Waals surface area contributed by atoms with Crippen LogP contribution in [0.15, 0.2) is 0 Å². The van der Waals surface area contributed by atoms with Crippen LogP contribution in [0, 0.1) is 0 Å². The minimum Gasteiger partial charge on any atom is -0.326 e. The van der Waals surface area contributed by atoms with Crippen LogP contribution in [0.25, 0.3) is 0 Å². The van der Waals surface area contributed by atoms with Crippen molar-refractivity contribution in [3.8, 4) is 0 Å². The molecule has 0 atom stereocenters. The van der Waals surface area contributed by atoms with E-state index in [4.69, 9.17) is 0 Å². The molecule has 0 aromatic carbocycles. The maximum Gasteiger partial charge on any atom is 0.0987 e. The molecular formula is C15H32N2+2. The third kappa shape index (κ3) is 2.68. The molecular weight excluding hydrogens is 208 g/mol. The molecule has 2 aliphatic rings. The zero-order valence-corrected chi connectivity index (χ0v) is 12.5. The summed E-state index contributed by atoms with van der Waals surface area (Å²) in [6.45, 7) is 12.0. The highest BCUT2D eigenvalue weighted by Gasteiger charge is 2.43. The summed E-state index contributed by atoms with van der Waals surface area (Å²) in [6, 6.07) is 0. The summed E-state index contributed by atoms with van der Waals surface area (Å²) in [4.78, 5) is 0. The average Bonchev–Trinajstić information content (AvgIpc) is 2.87. The van der Waals surface area contributed by atoms with Crippen molar-refractivity contribution in [2.24, 2.45) is 0 Å². The van der Waals surface area contributed by atoms with Crippen LogP contribution in [0.2, 0.25) is 0 Å². The molecule has 2 heteroatoms. The Balaban J connectivity index is 1.92. The molecule has 2 saturated heterocycles. The van der Waals surface area contributed by atoms with Gasteiger partial charge < -0.3 is 8.97 Å². The zero-order chi connectivity index (χ0) is 12.6. The second kappa shape index (κ2) is 4.55. The van der Waals surface area contributed by atoms with Crippen molar-refractivity contribution in [2.45, 2.75) is 51.5 Å². The molecule has 0 aliphatic carbocycles. The molecule has 2 heterocycles. The minimum atomic E-state index is 0.473. The van der Waals surface area contributed by atoms with E-state index in [1.54, 1.807) is 0 Å². The van der Waals surface area contributed by atoms with Gasteiger partial charge in [-0.2, -0.15) is 0 Å². The summed E-state index contributed by atoms with van der Waals surface area (Å²) in [7, 11) is 4.95. The number of hydrogen-bond donors (Lipinski definition) is 0. The van der Waals surface area contributed by atoms with Crippen LogP contribution in [0.3, 0.4) is 0 Å². The number of nitrogens with zero attached hydrogens (tertiary/aromatic N) is 2. The summed E-state index contributed by atoms with van der Waals surface area (Å²) in [5.74, 6) is 0. The number of quaternary nitrogens is 2. The van der Waals surface area contributed by atoms with Gasteiger partial charge in [-0.3, -0.25) is 0 Å². The van der Waals surface area contributed by atoms with E-state index in [0.29, 0.717) is 5.54 Å². The quantitative estimate of drug-likeness (QED) is 0.663. The van der Waals surface area contributed by atoms with Crippen molar-refractivity contribution in [3.63, 3.8) is 0 Å². The van der Waals surface area contributed by atoms with Gasteiger partial charge in [-0.15, -0.1) is 0 Å². The molecule has 2 aliphatic heterocycles. The van der Waals surface area contributed by atoms with Crippen molar-refractivity contribution in [1.29, 1.82) is 0 Å². The van der Waals surface area contributed by atoms with Crippen molar-refractivity contribution >= 4 is 0 Å². The zero-order valence-electron chi connectivity index (χ0n) is 12.5. The third-order valence-corrected chi connectivity index (χ3v) is 5.92. The van der Waals surface area contributed by atoms with Gasteiger partial charge in [0.15, 0.2) is 0 Å². The smallest absolute Gasteiger partial charge is 0.0987 e. The van der Waals surface area contributed by atoms with Crippen LogP contribution in [-0.2, 0) is 0 Å². The lowest BCUT2D eigenvalue weighted by Crippen LogP contribution is -2.59. The van der Waals surface area contributed by atoms with Crippen LogP contribution in [0.1, 0.15) is 46.0 Å². The Morgan fingerprint density at radius 2 is 1.29 bits per heavy atom. The fraction of sp³-hybridized carbons (Fsp3) is 1.00. The second-order valence-electron chi connectivity index (χ2n) is 7.61. The number of likely N-dealkylation sites (tertiary alicyclic amines) is 2. The van der Waals surface area contributed by atoms with Crippen molar-refractivity contribution in [3.05, 3.63) is 0 Å². The van der Waals surface area contributed by atoms with Gasteiger partial charge in [-0.25, -0.2) is 0 Å². The highest BCUT2D eigenvalue weighted by molar-refractivity contribution is 4.73. The first-order valence-electron chi connectivity index (χ1n) is 7.55. The van der Waals surface area contributed by atoms with Crippen LogP contribution in [0.5, 0.6) is 0 Å². The normalized spacial score (nSPS) is 27.5. The molecule has 0 saturated carbocycles. The molecule has 0 aromatic rings. The van der Waals surface area contributed by atoms with E-state index in [2.05, 4.69) is 27.9 Å². The van der Waals surface area contributed by atoms with Gasteiger partial charge in [0.05, 0.1) is 58.8 Å². The predicted molar refractivity (Wildman–Crippen MR) is 73.9 cm³/mol. The fourth-order valence-electron chi connectivity index (χ4n) is 3.77. The molecule has 0 radical (unpaired) electrons. The van der Waals surface area contributed by atoms with E-state index in [-0.39, 0.29) is 0 Å². The Labute approximate surface area is 108 Å². The Morgan fingerprint density at radius 3 is 1.82 bits per heavy atom. The van der Waals surface area contributed by atoms with E-state index in [1.165, 1.54) is 73.8 Å². The first-order valence-corrected chi connectivity index (χ1v) is 7.55. The van der Waals surface area contributed by atoms with E-state index < -0.39 is 0 Å².